The Morgan fingerprint density at radius 2 is 1.36 bits per heavy atom. The summed E-state index contributed by atoms with van der Waals surface area (Å²) in [6.07, 6.45) is -9.29. The minimum atomic E-state index is -5.90. The molecular weight excluding hydrogens is 366 g/mol. The molecule has 0 aliphatic carbocycles. The Balaban J connectivity index is 4.58. The molecule has 148 valence electrons. The number of halogens is 6. The first kappa shape index (κ1) is 24.3. The molecule has 0 spiro atoms. The summed E-state index contributed by atoms with van der Waals surface area (Å²) in [5.74, 6) is 2.20. The summed E-state index contributed by atoms with van der Waals surface area (Å²) in [5.41, 5.74) is -4.99. The van der Waals surface area contributed by atoms with Crippen molar-refractivity contribution in [3.63, 3.8) is 0 Å². The van der Waals surface area contributed by atoms with Crippen LogP contribution in [-0.2, 0) is 4.43 Å². The maximum atomic E-state index is 12.5. The third kappa shape index (κ3) is 8.47. The van der Waals surface area contributed by atoms with Gasteiger partial charge >= 0.3 is 18.0 Å². The lowest BCUT2D eigenvalue weighted by atomic mass is 9.99. The summed E-state index contributed by atoms with van der Waals surface area (Å²) < 4.78 is 80.8. The highest BCUT2D eigenvalue weighted by molar-refractivity contribution is 6.69. The first-order valence-corrected chi connectivity index (χ1v) is 11.5. The number of unbranched alkanes of at least 4 members (excludes halogenated alkanes) is 1. The van der Waals surface area contributed by atoms with Crippen LogP contribution in [0.25, 0.3) is 0 Å². The van der Waals surface area contributed by atoms with E-state index in [4.69, 9.17) is 9.53 Å². The summed E-state index contributed by atoms with van der Waals surface area (Å²) in [6.45, 7) is 9.55. The van der Waals surface area contributed by atoms with E-state index in [0.29, 0.717) is 12.8 Å². The highest BCUT2D eigenvalue weighted by Crippen LogP contribution is 2.42. The zero-order chi connectivity index (χ0) is 20.1. The summed E-state index contributed by atoms with van der Waals surface area (Å²) in [6, 6.07) is 0. The minimum Gasteiger partial charge on any atom is -0.415 e. The second-order valence-electron chi connectivity index (χ2n) is 7.20. The third-order valence-corrected chi connectivity index (χ3v) is 4.48. The fourth-order valence-electron chi connectivity index (χ4n) is 2.15. The van der Waals surface area contributed by atoms with Crippen molar-refractivity contribution in [2.75, 3.05) is 0 Å². The predicted molar refractivity (Wildman–Crippen MR) is 86.4 cm³/mol. The molecule has 1 N–H and O–H groups in total. The van der Waals surface area contributed by atoms with Crippen molar-refractivity contribution >= 4 is 8.32 Å². The molecule has 0 amide bonds. The Bertz CT molecular complexity index is 456. The maximum absolute atomic E-state index is 12.5. The van der Waals surface area contributed by atoms with Crippen LogP contribution >= 0.6 is 0 Å². The molecule has 0 saturated heterocycles. The smallest absolute Gasteiger partial charge is 0.415 e. The Labute approximate surface area is 146 Å². The van der Waals surface area contributed by atoms with Crippen molar-refractivity contribution in [2.45, 2.75) is 83.2 Å². The molecule has 0 aliphatic rings. The van der Waals surface area contributed by atoms with Gasteiger partial charge in [0.1, 0.15) is 0 Å². The van der Waals surface area contributed by atoms with E-state index >= 15 is 0 Å². The van der Waals surface area contributed by atoms with Crippen LogP contribution in [0.2, 0.25) is 19.6 Å². The Morgan fingerprint density at radius 1 is 0.920 bits per heavy atom. The fraction of sp³-hybridized carbons (Fsp3) is 0.875. The van der Waals surface area contributed by atoms with E-state index in [1.54, 1.807) is 0 Å². The molecule has 0 aromatic carbocycles. The zero-order valence-corrected chi connectivity index (χ0v) is 16.1. The topological polar surface area (TPSA) is 29.5 Å². The second-order valence-corrected chi connectivity index (χ2v) is 11.7. The van der Waals surface area contributed by atoms with E-state index in [1.165, 1.54) is 6.92 Å². The third-order valence-electron chi connectivity index (χ3n) is 3.37. The Hall–Kier alpha value is -0.723. The fourth-order valence-corrected chi connectivity index (χ4v) is 3.47. The van der Waals surface area contributed by atoms with E-state index in [2.05, 4.69) is 19.6 Å². The van der Waals surface area contributed by atoms with Crippen molar-refractivity contribution in [1.82, 2.24) is 0 Å². The zero-order valence-electron chi connectivity index (χ0n) is 15.1. The number of rotatable bonds is 7. The van der Waals surface area contributed by atoms with Gasteiger partial charge in [0.25, 0.3) is 0 Å². The second kappa shape index (κ2) is 8.78. The summed E-state index contributed by atoms with van der Waals surface area (Å²) >= 11 is 0. The molecule has 9 heteroatoms. The van der Waals surface area contributed by atoms with Gasteiger partial charge in [0.15, 0.2) is 8.32 Å². The van der Waals surface area contributed by atoms with Gasteiger partial charge in [-0.25, -0.2) is 0 Å². The molecule has 0 bridgehead atoms. The molecule has 25 heavy (non-hydrogen) atoms. The largest absolute Gasteiger partial charge is 0.438 e. The molecule has 0 aromatic rings. The van der Waals surface area contributed by atoms with Gasteiger partial charge in [-0.1, -0.05) is 25.7 Å². The quantitative estimate of drug-likeness (QED) is 0.276. The Morgan fingerprint density at radius 3 is 1.76 bits per heavy atom. The number of hydrogen-bond acceptors (Lipinski definition) is 2. The van der Waals surface area contributed by atoms with Gasteiger partial charge in [0.2, 0.25) is 0 Å². The van der Waals surface area contributed by atoms with Crippen LogP contribution in [0, 0.1) is 17.8 Å². The van der Waals surface area contributed by atoms with E-state index in [1.807, 2.05) is 12.8 Å². The van der Waals surface area contributed by atoms with Gasteiger partial charge in [-0.05, 0) is 45.3 Å². The standard InChI is InChI=1S/C16H26F6O2Si/c1-12(8-6-7-9-13(2)24-25(3,4)5)10-11-14(23,15(17,18)19)16(20,21)22/h12-13,23H,6-9H2,1-5H3. The summed E-state index contributed by atoms with van der Waals surface area (Å²) in [7, 11) is -1.64. The first-order chi connectivity index (χ1) is 11.0. The molecule has 0 rings (SSSR count). The highest BCUT2D eigenvalue weighted by Gasteiger charge is 2.70. The van der Waals surface area contributed by atoms with Gasteiger partial charge in [-0.2, -0.15) is 26.3 Å². The van der Waals surface area contributed by atoms with Crippen molar-refractivity contribution in [1.29, 1.82) is 0 Å². The lowest BCUT2D eigenvalue weighted by Gasteiger charge is -2.27. The van der Waals surface area contributed by atoms with E-state index in [9.17, 15) is 26.3 Å². The van der Waals surface area contributed by atoms with E-state index in [-0.39, 0.29) is 6.10 Å². The maximum Gasteiger partial charge on any atom is 0.438 e. The van der Waals surface area contributed by atoms with Crippen LogP contribution in [0.5, 0.6) is 0 Å². The highest BCUT2D eigenvalue weighted by atomic mass is 28.4. The molecule has 0 radical (unpaired) electrons. The summed E-state index contributed by atoms with van der Waals surface area (Å²) in [5, 5.41) is 8.95. The molecule has 0 saturated carbocycles. The minimum absolute atomic E-state index is 0.0635. The van der Waals surface area contributed by atoms with Gasteiger partial charge in [-0.3, -0.25) is 0 Å². The SMILES string of the molecule is CC(C#CC(O)(C(F)(F)F)C(F)(F)F)CCCCC(C)O[Si](C)(C)C. The van der Waals surface area contributed by atoms with Crippen LogP contribution in [0.15, 0.2) is 0 Å². The average Bonchev–Trinajstić information content (AvgIpc) is 2.36. The van der Waals surface area contributed by atoms with Crippen LogP contribution < -0.4 is 0 Å². The molecule has 2 nitrogen and oxygen atoms in total. The van der Waals surface area contributed by atoms with Gasteiger partial charge in [0, 0.05) is 12.0 Å². The van der Waals surface area contributed by atoms with Crippen molar-refractivity contribution in [3.05, 3.63) is 0 Å². The molecule has 2 unspecified atom stereocenters. The number of hydrogen-bond donors (Lipinski definition) is 1. The van der Waals surface area contributed by atoms with Crippen LogP contribution in [0.3, 0.4) is 0 Å². The molecule has 2 atom stereocenters. The number of alkyl halides is 6. The normalized spacial score (nSPS) is 16.2. The van der Waals surface area contributed by atoms with E-state index in [0.717, 1.165) is 18.8 Å². The Kier molecular flexibility index (Phi) is 8.52. The van der Waals surface area contributed by atoms with Crippen molar-refractivity contribution < 1.29 is 35.9 Å². The predicted octanol–water partition coefficient (Wildman–Crippen LogP) is 5.28. The molecule has 0 fully saturated rings. The lowest BCUT2D eigenvalue weighted by Crippen LogP contribution is -2.55. The van der Waals surface area contributed by atoms with Gasteiger partial charge in [0.05, 0.1) is 0 Å². The molecule has 0 heterocycles. The van der Waals surface area contributed by atoms with Crippen molar-refractivity contribution in [2.24, 2.45) is 5.92 Å². The van der Waals surface area contributed by atoms with Crippen LogP contribution in [0.4, 0.5) is 26.3 Å². The lowest BCUT2D eigenvalue weighted by molar-refractivity contribution is -0.343. The average molecular weight is 392 g/mol. The first-order valence-electron chi connectivity index (χ1n) is 8.06. The van der Waals surface area contributed by atoms with Gasteiger partial charge < -0.3 is 9.53 Å². The monoisotopic (exact) mass is 392 g/mol. The molecule has 0 aromatic heterocycles. The molecular formula is C16H26F6O2Si. The van der Waals surface area contributed by atoms with Crippen LogP contribution in [0.1, 0.15) is 39.5 Å². The van der Waals surface area contributed by atoms with Gasteiger partial charge in [-0.15, -0.1) is 0 Å². The molecule has 0 aliphatic heterocycles. The number of aliphatic hydroxyl groups is 1. The summed E-state index contributed by atoms with van der Waals surface area (Å²) in [4.78, 5) is 0. The van der Waals surface area contributed by atoms with Crippen molar-refractivity contribution in [3.8, 4) is 11.8 Å². The van der Waals surface area contributed by atoms with E-state index < -0.39 is 32.2 Å². The van der Waals surface area contributed by atoms with Crippen LogP contribution in [-0.4, -0.2) is 37.5 Å².